The summed E-state index contributed by atoms with van der Waals surface area (Å²) in [5, 5.41) is 2.65. The first-order valence-electron chi connectivity index (χ1n) is 4.19. The maximum Gasteiger partial charge on any atom is 0.281 e. The van der Waals surface area contributed by atoms with E-state index in [2.05, 4.69) is 5.32 Å². The molecule has 1 rings (SSSR count). The number of carbonyl (C=O) groups excluding carboxylic acids is 1. The zero-order valence-corrected chi connectivity index (χ0v) is 8.19. The maximum atomic E-state index is 11.4. The minimum atomic E-state index is -0.866. The van der Waals surface area contributed by atoms with Gasteiger partial charge in [0.1, 0.15) is 0 Å². The van der Waals surface area contributed by atoms with Gasteiger partial charge in [-0.1, -0.05) is 18.2 Å². The topological polar surface area (TPSA) is 47.6 Å². The summed E-state index contributed by atoms with van der Waals surface area (Å²) in [6.45, 7) is 0. The lowest BCUT2D eigenvalue weighted by Gasteiger charge is -2.12. The predicted octanol–water partition coefficient (Wildman–Crippen LogP) is 1.24. The van der Waals surface area contributed by atoms with Crippen molar-refractivity contribution in [2.45, 2.75) is 6.29 Å². The zero-order chi connectivity index (χ0) is 10.4. The molecule has 0 radical (unpaired) electrons. The lowest BCUT2D eigenvalue weighted by Crippen LogP contribution is -2.30. The van der Waals surface area contributed by atoms with Gasteiger partial charge >= 0.3 is 0 Å². The van der Waals surface area contributed by atoms with Gasteiger partial charge < -0.3 is 14.8 Å². The number of amides is 1. The first kappa shape index (κ1) is 10.7. The summed E-state index contributed by atoms with van der Waals surface area (Å²) in [5.41, 5.74) is 0.719. The van der Waals surface area contributed by atoms with Gasteiger partial charge in [-0.15, -0.1) is 0 Å². The van der Waals surface area contributed by atoms with Gasteiger partial charge in [0.2, 0.25) is 6.29 Å². The van der Waals surface area contributed by atoms with Crippen LogP contribution in [-0.4, -0.2) is 26.4 Å². The number of methoxy groups -OCH3 is 2. The molecule has 0 aliphatic heterocycles. The Labute approximate surface area is 82.8 Å². The summed E-state index contributed by atoms with van der Waals surface area (Å²) in [6.07, 6.45) is -0.866. The van der Waals surface area contributed by atoms with E-state index in [-0.39, 0.29) is 5.91 Å². The Morgan fingerprint density at radius 2 is 1.79 bits per heavy atom. The molecule has 1 aromatic rings. The zero-order valence-electron chi connectivity index (χ0n) is 8.19. The first-order chi connectivity index (χ1) is 6.77. The van der Waals surface area contributed by atoms with Gasteiger partial charge in [0, 0.05) is 19.9 Å². The van der Waals surface area contributed by atoms with Crippen LogP contribution >= 0.6 is 0 Å². The van der Waals surface area contributed by atoms with E-state index < -0.39 is 6.29 Å². The number of ether oxygens (including phenoxy) is 2. The maximum absolute atomic E-state index is 11.4. The molecule has 4 nitrogen and oxygen atoms in total. The second-order valence-electron chi connectivity index (χ2n) is 2.66. The van der Waals surface area contributed by atoms with Gasteiger partial charge in [0.25, 0.3) is 5.91 Å². The molecule has 0 saturated carbocycles. The third kappa shape index (κ3) is 2.83. The van der Waals surface area contributed by atoms with Crippen LogP contribution < -0.4 is 5.32 Å². The van der Waals surface area contributed by atoms with Crippen molar-refractivity contribution in [3.8, 4) is 0 Å². The third-order valence-electron chi connectivity index (χ3n) is 1.68. The fraction of sp³-hybridized carbons (Fsp3) is 0.300. The highest BCUT2D eigenvalue weighted by molar-refractivity contribution is 5.93. The molecule has 0 aliphatic carbocycles. The van der Waals surface area contributed by atoms with Gasteiger partial charge in [-0.2, -0.15) is 0 Å². The molecule has 0 aliphatic rings. The van der Waals surface area contributed by atoms with Gasteiger partial charge in [0.05, 0.1) is 0 Å². The Kier molecular flexibility index (Phi) is 4.10. The molecule has 14 heavy (non-hydrogen) atoms. The number of benzene rings is 1. The van der Waals surface area contributed by atoms with Crippen LogP contribution in [0.1, 0.15) is 0 Å². The standard InChI is InChI=1S/C10H13NO3/c1-13-10(14-2)9(12)11-8-6-4-3-5-7-8/h3-7,10H,1-2H3,(H,11,12). The van der Waals surface area contributed by atoms with E-state index in [9.17, 15) is 4.79 Å². The molecule has 0 saturated heterocycles. The summed E-state index contributed by atoms with van der Waals surface area (Å²) < 4.78 is 9.60. The van der Waals surface area contributed by atoms with Crippen molar-refractivity contribution in [1.29, 1.82) is 0 Å². The summed E-state index contributed by atoms with van der Waals surface area (Å²) >= 11 is 0. The molecule has 76 valence electrons. The minimum Gasteiger partial charge on any atom is -0.348 e. The molecule has 4 heteroatoms. The van der Waals surface area contributed by atoms with Crippen LogP contribution in [0.25, 0.3) is 0 Å². The molecule has 1 aromatic carbocycles. The van der Waals surface area contributed by atoms with Crippen molar-refractivity contribution in [3.63, 3.8) is 0 Å². The number of hydrogen-bond acceptors (Lipinski definition) is 3. The van der Waals surface area contributed by atoms with Crippen LogP contribution in [0.15, 0.2) is 30.3 Å². The van der Waals surface area contributed by atoms with E-state index in [1.165, 1.54) is 14.2 Å². The molecule has 0 spiro atoms. The molecule has 1 N–H and O–H groups in total. The molecule has 0 aromatic heterocycles. The van der Waals surface area contributed by atoms with E-state index in [1.807, 2.05) is 18.2 Å². The number of hydrogen-bond donors (Lipinski definition) is 1. The van der Waals surface area contributed by atoms with Gasteiger partial charge in [-0.3, -0.25) is 4.79 Å². The fourth-order valence-electron chi connectivity index (χ4n) is 1.03. The Hall–Kier alpha value is -1.39. The van der Waals surface area contributed by atoms with Crippen molar-refractivity contribution >= 4 is 11.6 Å². The molecule has 0 heterocycles. The predicted molar refractivity (Wildman–Crippen MR) is 52.9 cm³/mol. The van der Waals surface area contributed by atoms with Crippen LogP contribution in [0.2, 0.25) is 0 Å². The summed E-state index contributed by atoms with van der Waals surface area (Å²) in [6, 6.07) is 9.13. The van der Waals surface area contributed by atoms with Gasteiger partial charge in [0.15, 0.2) is 0 Å². The van der Waals surface area contributed by atoms with Crippen LogP contribution in [0.4, 0.5) is 5.69 Å². The van der Waals surface area contributed by atoms with E-state index in [0.29, 0.717) is 0 Å². The summed E-state index contributed by atoms with van der Waals surface area (Å²) in [7, 11) is 2.83. The van der Waals surface area contributed by atoms with Crippen molar-refractivity contribution in [2.24, 2.45) is 0 Å². The SMILES string of the molecule is COC(OC)C(=O)Nc1ccccc1. The highest BCUT2D eigenvalue weighted by Crippen LogP contribution is 2.06. The largest absolute Gasteiger partial charge is 0.348 e. The molecule has 0 fully saturated rings. The van der Waals surface area contributed by atoms with Gasteiger partial charge in [-0.05, 0) is 12.1 Å². The Balaban J connectivity index is 2.57. The lowest BCUT2D eigenvalue weighted by molar-refractivity contribution is -0.153. The number of rotatable bonds is 4. The monoisotopic (exact) mass is 195 g/mol. The van der Waals surface area contributed by atoms with E-state index >= 15 is 0 Å². The fourth-order valence-corrected chi connectivity index (χ4v) is 1.03. The van der Waals surface area contributed by atoms with Crippen molar-refractivity contribution in [1.82, 2.24) is 0 Å². The van der Waals surface area contributed by atoms with E-state index in [1.54, 1.807) is 12.1 Å². The van der Waals surface area contributed by atoms with Gasteiger partial charge in [-0.25, -0.2) is 0 Å². The van der Waals surface area contributed by atoms with Crippen LogP contribution in [-0.2, 0) is 14.3 Å². The second-order valence-corrected chi connectivity index (χ2v) is 2.66. The van der Waals surface area contributed by atoms with E-state index in [0.717, 1.165) is 5.69 Å². The second kappa shape index (κ2) is 5.36. The highest BCUT2D eigenvalue weighted by Gasteiger charge is 2.15. The third-order valence-corrected chi connectivity index (χ3v) is 1.68. The molecule has 0 unspecified atom stereocenters. The van der Waals surface area contributed by atoms with Crippen molar-refractivity contribution < 1.29 is 14.3 Å². The van der Waals surface area contributed by atoms with Crippen LogP contribution in [0.3, 0.4) is 0 Å². The molecule has 1 amide bonds. The number of anilines is 1. The molecular weight excluding hydrogens is 182 g/mol. The normalized spacial score (nSPS) is 10.2. The Morgan fingerprint density at radius 3 is 2.29 bits per heavy atom. The van der Waals surface area contributed by atoms with Crippen LogP contribution in [0, 0.1) is 0 Å². The Morgan fingerprint density at radius 1 is 1.21 bits per heavy atom. The summed E-state index contributed by atoms with van der Waals surface area (Å²) in [4.78, 5) is 11.4. The molecule has 0 bridgehead atoms. The molecular formula is C10H13NO3. The molecule has 0 atom stereocenters. The van der Waals surface area contributed by atoms with E-state index in [4.69, 9.17) is 9.47 Å². The minimum absolute atomic E-state index is 0.318. The smallest absolute Gasteiger partial charge is 0.281 e. The van der Waals surface area contributed by atoms with Crippen molar-refractivity contribution in [3.05, 3.63) is 30.3 Å². The Bertz CT molecular complexity index is 283. The number of para-hydroxylation sites is 1. The number of nitrogens with one attached hydrogen (secondary N) is 1. The first-order valence-corrected chi connectivity index (χ1v) is 4.19. The quantitative estimate of drug-likeness (QED) is 0.735. The highest BCUT2D eigenvalue weighted by atomic mass is 16.7. The van der Waals surface area contributed by atoms with Crippen molar-refractivity contribution in [2.75, 3.05) is 19.5 Å². The average Bonchev–Trinajstić information content (AvgIpc) is 2.21. The lowest BCUT2D eigenvalue weighted by atomic mass is 10.3. The summed E-state index contributed by atoms with van der Waals surface area (Å²) in [5.74, 6) is -0.318. The van der Waals surface area contributed by atoms with Crippen LogP contribution in [0.5, 0.6) is 0 Å². The number of carbonyl (C=O) groups is 1. The average molecular weight is 195 g/mol.